The van der Waals surface area contributed by atoms with E-state index in [2.05, 4.69) is 10.1 Å². The topological polar surface area (TPSA) is 49.6 Å². The van der Waals surface area contributed by atoms with Gasteiger partial charge in [0.1, 0.15) is 11.5 Å². The van der Waals surface area contributed by atoms with E-state index < -0.39 is 0 Å². The normalized spacial score (nSPS) is 21.1. The number of likely N-dealkylation sites (tertiary alicyclic amines) is 1. The second kappa shape index (κ2) is 6.19. The number of aryl methyl sites for hydroxylation is 1. The Hall–Kier alpha value is -1.36. The SMILES string of the molecule is Cc1cc(CN(C)C(=O)C2CCCCCN2C)no1. The van der Waals surface area contributed by atoms with Crippen LogP contribution in [0.2, 0.25) is 0 Å². The minimum absolute atomic E-state index is 0.0143. The third-order valence-corrected chi connectivity index (χ3v) is 3.76. The molecule has 19 heavy (non-hydrogen) atoms. The Morgan fingerprint density at radius 1 is 1.53 bits per heavy atom. The molecule has 1 amide bonds. The summed E-state index contributed by atoms with van der Waals surface area (Å²) in [6, 6.07) is 1.89. The maximum absolute atomic E-state index is 12.5. The third-order valence-electron chi connectivity index (χ3n) is 3.76. The van der Waals surface area contributed by atoms with Gasteiger partial charge in [-0.25, -0.2) is 0 Å². The molecule has 5 heteroatoms. The van der Waals surface area contributed by atoms with Crippen LogP contribution in [-0.2, 0) is 11.3 Å². The third kappa shape index (κ3) is 3.56. The summed E-state index contributed by atoms with van der Waals surface area (Å²) in [4.78, 5) is 16.4. The number of rotatable bonds is 3. The van der Waals surface area contributed by atoms with Crippen LogP contribution in [0, 0.1) is 6.92 Å². The van der Waals surface area contributed by atoms with Crippen LogP contribution in [0.1, 0.15) is 37.1 Å². The molecule has 0 saturated carbocycles. The van der Waals surface area contributed by atoms with Crippen molar-refractivity contribution in [3.05, 3.63) is 17.5 Å². The summed E-state index contributed by atoms with van der Waals surface area (Å²) in [6.07, 6.45) is 4.50. The molecule has 1 unspecified atom stereocenters. The molecule has 2 rings (SSSR count). The first-order chi connectivity index (χ1) is 9.08. The lowest BCUT2D eigenvalue weighted by molar-refractivity contribution is -0.135. The largest absolute Gasteiger partial charge is 0.361 e. The van der Waals surface area contributed by atoms with Crippen molar-refractivity contribution < 1.29 is 9.32 Å². The average Bonchev–Trinajstić information content (AvgIpc) is 2.66. The molecule has 1 aromatic heterocycles. The number of hydrogen-bond donors (Lipinski definition) is 0. The minimum atomic E-state index is 0.0143. The van der Waals surface area contributed by atoms with Crippen LogP contribution in [0.25, 0.3) is 0 Å². The van der Waals surface area contributed by atoms with Crippen molar-refractivity contribution in [1.82, 2.24) is 15.0 Å². The summed E-state index contributed by atoms with van der Waals surface area (Å²) in [5, 5.41) is 3.94. The maximum Gasteiger partial charge on any atom is 0.240 e. The molecule has 0 spiro atoms. The fourth-order valence-electron chi connectivity index (χ4n) is 2.63. The Morgan fingerprint density at radius 3 is 3.00 bits per heavy atom. The predicted octanol–water partition coefficient (Wildman–Crippen LogP) is 1.82. The van der Waals surface area contributed by atoms with Gasteiger partial charge in [-0.2, -0.15) is 0 Å². The van der Waals surface area contributed by atoms with Crippen LogP contribution < -0.4 is 0 Å². The van der Waals surface area contributed by atoms with Crippen LogP contribution in [-0.4, -0.2) is 47.5 Å². The first-order valence-corrected chi connectivity index (χ1v) is 6.95. The van der Waals surface area contributed by atoms with E-state index in [1.807, 2.05) is 27.1 Å². The summed E-state index contributed by atoms with van der Waals surface area (Å²) in [7, 11) is 3.88. The Labute approximate surface area is 114 Å². The van der Waals surface area contributed by atoms with E-state index >= 15 is 0 Å². The molecule has 2 heterocycles. The van der Waals surface area contributed by atoms with Crippen molar-refractivity contribution in [2.24, 2.45) is 0 Å². The molecule has 106 valence electrons. The number of aromatic nitrogens is 1. The van der Waals surface area contributed by atoms with Crippen molar-refractivity contribution in [2.75, 3.05) is 20.6 Å². The Balaban J connectivity index is 1.97. The number of carbonyl (C=O) groups is 1. The van der Waals surface area contributed by atoms with Gasteiger partial charge in [-0.15, -0.1) is 0 Å². The number of likely N-dealkylation sites (N-methyl/N-ethyl adjacent to an activating group) is 2. The van der Waals surface area contributed by atoms with Gasteiger partial charge >= 0.3 is 0 Å². The van der Waals surface area contributed by atoms with Crippen molar-refractivity contribution in [3.8, 4) is 0 Å². The molecule has 0 aliphatic carbocycles. The van der Waals surface area contributed by atoms with Crippen LogP contribution in [0.4, 0.5) is 0 Å². The van der Waals surface area contributed by atoms with Gasteiger partial charge in [-0.05, 0) is 33.4 Å². The first kappa shape index (κ1) is 14.1. The number of amides is 1. The molecule has 1 aliphatic heterocycles. The summed E-state index contributed by atoms with van der Waals surface area (Å²) in [5.41, 5.74) is 0.810. The first-order valence-electron chi connectivity index (χ1n) is 6.95. The highest BCUT2D eigenvalue weighted by molar-refractivity contribution is 5.81. The van der Waals surface area contributed by atoms with Crippen molar-refractivity contribution in [2.45, 2.75) is 45.2 Å². The van der Waals surface area contributed by atoms with Gasteiger partial charge < -0.3 is 9.42 Å². The van der Waals surface area contributed by atoms with E-state index in [1.165, 1.54) is 12.8 Å². The van der Waals surface area contributed by atoms with Crippen molar-refractivity contribution >= 4 is 5.91 Å². The van der Waals surface area contributed by atoms with E-state index in [-0.39, 0.29) is 11.9 Å². The average molecular weight is 265 g/mol. The van der Waals surface area contributed by atoms with Gasteiger partial charge in [-0.1, -0.05) is 18.0 Å². The second-order valence-electron chi connectivity index (χ2n) is 5.47. The predicted molar refractivity (Wildman–Crippen MR) is 72.6 cm³/mol. The molecule has 1 aromatic rings. The van der Waals surface area contributed by atoms with Crippen LogP contribution in [0.3, 0.4) is 0 Å². The number of carbonyl (C=O) groups excluding carboxylic acids is 1. The molecule has 0 N–H and O–H groups in total. The van der Waals surface area contributed by atoms with Crippen molar-refractivity contribution in [1.29, 1.82) is 0 Å². The summed E-state index contributed by atoms with van der Waals surface area (Å²) in [6.45, 7) is 3.38. The highest BCUT2D eigenvalue weighted by Crippen LogP contribution is 2.17. The van der Waals surface area contributed by atoms with E-state index in [4.69, 9.17) is 4.52 Å². The molecule has 0 aromatic carbocycles. The minimum Gasteiger partial charge on any atom is -0.361 e. The lowest BCUT2D eigenvalue weighted by Crippen LogP contribution is -2.45. The zero-order chi connectivity index (χ0) is 13.8. The highest BCUT2D eigenvalue weighted by Gasteiger charge is 2.27. The van der Waals surface area contributed by atoms with Gasteiger partial charge in [0.15, 0.2) is 0 Å². The van der Waals surface area contributed by atoms with E-state index in [1.54, 1.807) is 4.90 Å². The summed E-state index contributed by atoms with van der Waals surface area (Å²) < 4.78 is 5.03. The van der Waals surface area contributed by atoms with E-state index in [9.17, 15) is 4.79 Å². The van der Waals surface area contributed by atoms with Gasteiger partial charge in [0.25, 0.3) is 0 Å². The zero-order valence-electron chi connectivity index (χ0n) is 12.1. The monoisotopic (exact) mass is 265 g/mol. The Kier molecular flexibility index (Phi) is 4.58. The van der Waals surface area contributed by atoms with Crippen LogP contribution in [0.5, 0.6) is 0 Å². The molecule has 1 atom stereocenters. The molecular weight excluding hydrogens is 242 g/mol. The quantitative estimate of drug-likeness (QED) is 0.836. The molecule has 0 radical (unpaired) electrons. The maximum atomic E-state index is 12.5. The molecule has 1 aliphatic rings. The standard InChI is InChI=1S/C14H23N3O2/c1-11-9-12(15-19-11)10-17(3)14(18)13-7-5-4-6-8-16(13)2/h9,13H,4-8,10H2,1-3H3. The fraction of sp³-hybridized carbons (Fsp3) is 0.714. The Bertz CT molecular complexity index is 430. The van der Waals surface area contributed by atoms with Gasteiger partial charge in [0, 0.05) is 13.1 Å². The highest BCUT2D eigenvalue weighted by atomic mass is 16.5. The second-order valence-corrected chi connectivity index (χ2v) is 5.47. The molecule has 0 bridgehead atoms. The molecule has 5 nitrogen and oxygen atoms in total. The fourth-order valence-corrected chi connectivity index (χ4v) is 2.63. The molecule has 1 fully saturated rings. The Morgan fingerprint density at radius 2 is 2.32 bits per heavy atom. The summed E-state index contributed by atoms with van der Waals surface area (Å²) in [5.74, 6) is 0.965. The lowest BCUT2D eigenvalue weighted by Gasteiger charge is -2.28. The van der Waals surface area contributed by atoms with Crippen molar-refractivity contribution in [3.63, 3.8) is 0 Å². The smallest absolute Gasteiger partial charge is 0.240 e. The number of nitrogens with zero attached hydrogens (tertiary/aromatic N) is 3. The lowest BCUT2D eigenvalue weighted by atomic mass is 10.1. The zero-order valence-corrected chi connectivity index (χ0v) is 12.1. The van der Waals surface area contributed by atoms with Crippen LogP contribution in [0.15, 0.2) is 10.6 Å². The van der Waals surface area contributed by atoms with Gasteiger partial charge in [0.05, 0.1) is 12.6 Å². The summed E-state index contributed by atoms with van der Waals surface area (Å²) >= 11 is 0. The number of hydrogen-bond acceptors (Lipinski definition) is 4. The van der Waals surface area contributed by atoms with Gasteiger partial charge in [0.2, 0.25) is 5.91 Å². The molecular formula is C14H23N3O2. The van der Waals surface area contributed by atoms with E-state index in [0.29, 0.717) is 6.54 Å². The van der Waals surface area contributed by atoms with E-state index in [0.717, 1.165) is 30.8 Å². The molecule has 1 saturated heterocycles. The van der Waals surface area contributed by atoms with Gasteiger partial charge in [-0.3, -0.25) is 9.69 Å². The van der Waals surface area contributed by atoms with Crippen LogP contribution >= 0.6 is 0 Å².